The molecule has 2 aliphatic rings. The first-order chi connectivity index (χ1) is 13.0. The molecule has 146 valence electrons. The van der Waals surface area contributed by atoms with Gasteiger partial charge in [0, 0.05) is 38.6 Å². The van der Waals surface area contributed by atoms with Crippen LogP contribution in [0.2, 0.25) is 0 Å². The Bertz CT molecular complexity index is 735. The zero-order valence-electron chi connectivity index (χ0n) is 15.3. The van der Waals surface area contributed by atoms with Crippen LogP contribution in [0.4, 0.5) is 5.69 Å². The van der Waals surface area contributed by atoms with E-state index in [1.54, 1.807) is 6.07 Å². The molecule has 3 rings (SSSR count). The number of carbonyl (C=O) groups excluding carboxylic acids is 2. The van der Waals surface area contributed by atoms with Crippen LogP contribution in [0.15, 0.2) is 18.2 Å². The second kappa shape index (κ2) is 8.39. The molecule has 1 aromatic rings. The fourth-order valence-electron chi connectivity index (χ4n) is 3.48. The van der Waals surface area contributed by atoms with Gasteiger partial charge in [0.25, 0.3) is 0 Å². The highest BCUT2D eigenvalue weighted by atomic mass is 16.5. The van der Waals surface area contributed by atoms with Crippen molar-refractivity contribution >= 4 is 23.5 Å². The van der Waals surface area contributed by atoms with E-state index in [0.29, 0.717) is 44.6 Å². The molecule has 0 aliphatic carbocycles. The molecule has 2 N–H and O–H groups in total. The maximum Gasteiger partial charge on any atom is 0.326 e. The average Bonchev–Trinajstić information content (AvgIpc) is 3.10. The third-order valence-electron chi connectivity index (χ3n) is 4.98. The fraction of sp³-hybridized carbons (Fsp3) is 0.526. The first kappa shape index (κ1) is 19.2. The van der Waals surface area contributed by atoms with Gasteiger partial charge in [-0.05, 0) is 36.6 Å². The molecular weight excluding hydrogens is 352 g/mol. The van der Waals surface area contributed by atoms with Crippen LogP contribution in [0.3, 0.4) is 0 Å². The SMILES string of the molecule is COC1CC(C(=O)O)N(C(=O)CCCOc2ccc3c(c2)CCC(=O)N3)C1. The summed E-state index contributed by atoms with van der Waals surface area (Å²) in [6.45, 7) is 0.667. The van der Waals surface area contributed by atoms with Crippen molar-refractivity contribution in [1.82, 2.24) is 4.90 Å². The number of benzene rings is 1. The Kier molecular flexibility index (Phi) is 5.95. The lowest BCUT2D eigenvalue weighted by molar-refractivity contribution is -0.148. The number of fused-ring (bicyclic) bond motifs is 1. The Morgan fingerprint density at radius 2 is 2.15 bits per heavy atom. The van der Waals surface area contributed by atoms with E-state index in [0.717, 1.165) is 11.3 Å². The summed E-state index contributed by atoms with van der Waals surface area (Å²) in [6, 6.07) is 4.69. The molecule has 0 spiro atoms. The van der Waals surface area contributed by atoms with Gasteiger partial charge >= 0.3 is 5.97 Å². The normalized spacial score (nSPS) is 21.5. The number of hydrogen-bond donors (Lipinski definition) is 2. The third-order valence-corrected chi connectivity index (χ3v) is 4.98. The molecule has 0 aromatic heterocycles. The predicted molar refractivity (Wildman–Crippen MR) is 96.7 cm³/mol. The van der Waals surface area contributed by atoms with Gasteiger partial charge in [-0.25, -0.2) is 4.79 Å². The van der Waals surface area contributed by atoms with Gasteiger partial charge in [-0.3, -0.25) is 9.59 Å². The molecule has 0 bridgehead atoms. The number of carboxylic acids is 1. The summed E-state index contributed by atoms with van der Waals surface area (Å²) >= 11 is 0. The highest BCUT2D eigenvalue weighted by Crippen LogP contribution is 2.27. The lowest BCUT2D eigenvalue weighted by Gasteiger charge is -2.21. The van der Waals surface area contributed by atoms with E-state index >= 15 is 0 Å². The van der Waals surface area contributed by atoms with Crippen LogP contribution in [-0.4, -0.2) is 60.2 Å². The smallest absolute Gasteiger partial charge is 0.326 e. The van der Waals surface area contributed by atoms with Crippen molar-refractivity contribution in [2.75, 3.05) is 25.6 Å². The Morgan fingerprint density at radius 3 is 2.89 bits per heavy atom. The van der Waals surface area contributed by atoms with Crippen molar-refractivity contribution in [1.29, 1.82) is 0 Å². The van der Waals surface area contributed by atoms with Gasteiger partial charge in [-0.15, -0.1) is 0 Å². The minimum atomic E-state index is -1.000. The molecule has 0 saturated carbocycles. The summed E-state index contributed by atoms with van der Waals surface area (Å²) < 4.78 is 10.9. The first-order valence-corrected chi connectivity index (χ1v) is 9.08. The zero-order valence-corrected chi connectivity index (χ0v) is 15.3. The number of ether oxygens (including phenoxy) is 2. The molecule has 8 nitrogen and oxygen atoms in total. The van der Waals surface area contributed by atoms with Crippen LogP contribution >= 0.6 is 0 Å². The molecule has 2 heterocycles. The molecule has 2 unspecified atom stereocenters. The van der Waals surface area contributed by atoms with E-state index in [-0.39, 0.29) is 24.3 Å². The van der Waals surface area contributed by atoms with E-state index in [1.165, 1.54) is 12.0 Å². The zero-order chi connectivity index (χ0) is 19.4. The van der Waals surface area contributed by atoms with Crippen LogP contribution in [0.25, 0.3) is 0 Å². The standard InChI is InChI=1S/C19H24N2O6/c1-26-14-10-16(19(24)25)21(11-14)18(23)3-2-8-27-13-5-6-15-12(9-13)4-7-17(22)20-15/h5-6,9,14,16H,2-4,7-8,10-11H2,1H3,(H,20,22)(H,24,25). The van der Waals surface area contributed by atoms with E-state index in [2.05, 4.69) is 5.32 Å². The summed E-state index contributed by atoms with van der Waals surface area (Å²) in [5.74, 6) is -0.479. The van der Waals surface area contributed by atoms with Crippen LogP contribution in [0, 0.1) is 0 Å². The maximum absolute atomic E-state index is 12.4. The van der Waals surface area contributed by atoms with E-state index in [4.69, 9.17) is 9.47 Å². The molecule has 2 atom stereocenters. The monoisotopic (exact) mass is 376 g/mol. The molecule has 8 heteroatoms. The molecule has 0 radical (unpaired) electrons. The number of nitrogens with zero attached hydrogens (tertiary/aromatic N) is 1. The fourth-order valence-corrected chi connectivity index (χ4v) is 3.48. The third kappa shape index (κ3) is 4.57. The number of carbonyl (C=O) groups is 3. The van der Waals surface area contributed by atoms with Gasteiger partial charge in [-0.1, -0.05) is 0 Å². The van der Waals surface area contributed by atoms with Crippen molar-refractivity contribution in [3.8, 4) is 5.75 Å². The van der Waals surface area contributed by atoms with E-state index in [1.807, 2.05) is 12.1 Å². The summed E-state index contributed by atoms with van der Waals surface area (Å²) in [6.07, 6.45) is 1.95. The number of likely N-dealkylation sites (tertiary alicyclic amines) is 1. The molecule has 1 fully saturated rings. The minimum Gasteiger partial charge on any atom is -0.494 e. The lowest BCUT2D eigenvalue weighted by atomic mass is 10.0. The number of rotatable bonds is 7. The Hall–Kier alpha value is -2.61. The Balaban J connectivity index is 1.46. The minimum absolute atomic E-state index is 0.0203. The second-order valence-electron chi connectivity index (χ2n) is 6.81. The van der Waals surface area contributed by atoms with E-state index < -0.39 is 12.0 Å². The maximum atomic E-state index is 12.4. The summed E-state index contributed by atoms with van der Waals surface area (Å²) in [5, 5.41) is 12.1. The highest BCUT2D eigenvalue weighted by Gasteiger charge is 2.39. The molecule has 2 aliphatic heterocycles. The van der Waals surface area contributed by atoms with Crippen molar-refractivity contribution in [2.24, 2.45) is 0 Å². The van der Waals surface area contributed by atoms with Gasteiger partial charge in [0.1, 0.15) is 11.8 Å². The Labute approximate surface area is 157 Å². The number of amides is 2. The van der Waals surface area contributed by atoms with Crippen LogP contribution in [-0.2, 0) is 25.5 Å². The predicted octanol–water partition coefficient (Wildman–Crippen LogP) is 1.43. The summed E-state index contributed by atoms with van der Waals surface area (Å²) in [7, 11) is 1.52. The van der Waals surface area contributed by atoms with Crippen LogP contribution < -0.4 is 10.1 Å². The largest absolute Gasteiger partial charge is 0.494 e. The van der Waals surface area contributed by atoms with Crippen molar-refractivity contribution in [3.05, 3.63) is 23.8 Å². The van der Waals surface area contributed by atoms with E-state index in [9.17, 15) is 19.5 Å². The molecule has 27 heavy (non-hydrogen) atoms. The Morgan fingerprint density at radius 1 is 1.33 bits per heavy atom. The number of hydrogen-bond acceptors (Lipinski definition) is 5. The average molecular weight is 376 g/mol. The van der Waals surface area contributed by atoms with Crippen LogP contribution in [0.1, 0.15) is 31.2 Å². The number of nitrogens with one attached hydrogen (secondary N) is 1. The summed E-state index contributed by atoms with van der Waals surface area (Å²) in [5.41, 5.74) is 1.85. The number of anilines is 1. The molecule has 2 amide bonds. The number of aryl methyl sites for hydroxylation is 1. The van der Waals surface area contributed by atoms with Crippen molar-refractivity contribution in [2.45, 2.75) is 44.2 Å². The van der Waals surface area contributed by atoms with Gasteiger partial charge in [-0.2, -0.15) is 0 Å². The quantitative estimate of drug-likeness (QED) is 0.698. The summed E-state index contributed by atoms with van der Waals surface area (Å²) in [4.78, 5) is 36.5. The van der Waals surface area contributed by atoms with Crippen molar-refractivity contribution in [3.63, 3.8) is 0 Å². The van der Waals surface area contributed by atoms with Crippen molar-refractivity contribution < 1.29 is 29.0 Å². The number of carboxylic acid groups (broad SMARTS) is 1. The molecule has 1 saturated heterocycles. The number of methoxy groups -OCH3 is 1. The lowest BCUT2D eigenvalue weighted by Crippen LogP contribution is -2.40. The van der Waals surface area contributed by atoms with Gasteiger partial charge in [0.05, 0.1) is 12.7 Å². The van der Waals surface area contributed by atoms with Gasteiger partial charge < -0.3 is 24.8 Å². The van der Waals surface area contributed by atoms with Crippen LogP contribution in [0.5, 0.6) is 5.75 Å². The first-order valence-electron chi connectivity index (χ1n) is 9.08. The molecule has 1 aromatic carbocycles. The highest BCUT2D eigenvalue weighted by molar-refractivity contribution is 5.94. The second-order valence-corrected chi connectivity index (χ2v) is 6.81. The number of aliphatic carboxylic acids is 1. The van der Waals surface area contributed by atoms with Gasteiger partial charge in [0.2, 0.25) is 11.8 Å². The molecular formula is C19H24N2O6. The van der Waals surface area contributed by atoms with Gasteiger partial charge in [0.15, 0.2) is 0 Å². The topological polar surface area (TPSA) is 105 Å².